The summed E-state index contributed by atoms with van der Waals surface area (Å²) in [6.45, 7) is -5.06. The summed E-state index contributed by atoms with van der Waals surface area (Å²) in [5, 5.41) is 226. The normalized spacial score (nSPS) is 53.0. The van der Waals surface area contributed by atoms with Gasteiger partial charge in [-0.05, 0) is 0 Å². The highest BCUT2D eigenvalue weighted by atomic mass is 16.8. The van der Waals surface area contributed by atoms with Gasteiger partial charge in [0.05, 0.1) is 46.2 Å². The summed E-state index contributed by atoms with van der Waals surface area (Å²) >= 11 is 0. The summed E-state index contributed by atoms with van der Waals surface area (Å²) in [4.78, 5) is 4.19. The Hall–Kier alpha value is -1.89. The average Bonchev–Trinajstić information content (AvgIpc) is 3.85. The van der Waals surface area contributed by atoms with E-state index in [9.17, 15) is 107 Å². The number of rotatable bonds is 19. The molecule has 0 aromatic heterocycles. The second-order valence-corrected chi connectivity index (χ2v) is 20.4. The van der Waals surface area contributed by atoms with Crippen LogP contribution in [0.4, 0.5) is 0 Å². The van der Waals surface area contributed by atoms with Crippen LogP contribution in [0.15, 0.2) is 4.99 Å². The predicted octanol–water partition coefficient (Wildman–Crippen LogP) is -14.8. The molecule has 7 fully saturated rings. The van der Waals surface area contributed by atoms with Gasteiger partial charge in [-0.15, -0.1) is 0 Å². The van der Waals surface area contributed by atoms with Crippen molar-refractivity contribution in [1.82, 2.24) is 0 Å². The van der Waals surface area contributed by atoms with Gasteiger partial charge in [-0.2, -0.15) is 0 Å². The molecule has 35 atom stereocenters. The van der Waals surface area contributed by atoms with Crippen molar-refractivity contribution < 1.29 is 174 Å². The van der Waals surface area contributed by atoms with E-state index in [0.717, 1.165) is 0 Å². The van der Waals surface area contributed by atoms with E-state index >= 15 is 0 Å². The van der Waals surface area contributed by atoms with Crippen LogP contribution in [0.2, 0.25) is 0 Å². The SMILES string of the molecule is CC1=NC2C(O1)OC(CO)[C@@H](O[C@@H]1OC(CO[C@H]3OC(CO[C@H]4OC(CO)[C@@H](O)[C@H](O)C4O)[C@@H](O)[C@H](O[C@H]4O[C@@H](CO)[C@@H](O)C(O)C4O)C3O)[C@@H](O)[C@H](O[C@H]3O[C@@H](CO)[C@@H](O)C(O)C3O[C@H]3O[C@@H](CO)[C@@H](O)C(O)C3O)C1O)[C@@H]2O. The zero-order valence-electron chi connectivity index (χ0n) is 42.2. The smallest absolute Gasteiger partial charge is 0.227 e. The van der Waals surface area contributed by atoms with Gasteiger partial charge in [-0.25, -0.2) is 4.99 Å². The summed E-state index contributed by atoms with van der Waals surface area (Å²) in [7, 11) is 0. The molecule has 15 unspecified atom stereocenters. The quantitative estimate of drug-likeness (QED) is 0.0571. The predicted molar refractivity (Wildman–Crippen MR) is 242 cm³/mol. The summed E-state index contributed by atoms with van der Waals surface area (Å²) in [5.41, 5.74) is 0. The molecular weight excluding hydrogens is 1100 g/mol. The summed E-state index contributed by atoms with van der Waals surface area (Å²) in [5.74, 6) is 0.0868. The Labute approximate surface area is 452 Å². The van der Waals surface area contributed by atoms with E-state index in [2.05, 4.69) is 4.99 Å². The fourth-order valence-corrected chi connectivity index (χ4v) is 10.4. The number of aliphatic imine (C=N–C) groups is 1. The van der Waals surface area contributed by atoms with E-state index in [-0.39, 0.29) is 5.90 Å². The Bertz CT molecular complexity index is 1970. The zero-order chi connectivity index (χ0) is 58.3. The molecule has 21 N–H and O–H groups in total. The summed E-state index contributed by atoms with van der Waals surface area (Å²) in [6.07, 6.45) is -65.4. The monoisotopic (exact) mass is 1180 g/mol. The van der Waals surface area contributed by atoms with Crippen LogP contribution in [0.1, 0.15) is 6.92 Å². The maximum Gasteiger partial charge on any atom is 0.227 e. The molecule has 8 rings (SSSR count). The van der Waals surface area contributed by atoms with Crippen molar-refractivity contribution in [2.24, 2.45) is 4.99 Å². The molecule has 464 valence electrons. The van der Waals surface area contributed by atoms with E-state index in [4.69, 9.17) is 66.3 Å². The third-order valence-corrected chi connectivity index (χ3v) is 15.1. The lowest BCUT2D eigenvalue weighted by Gasteiger charge is -2.49. The molecule has 7 saturated heterocycles. The molecule has 0 aliphatic carbocycles. The van der Waals surface area contributed by atoms with Gasteiger partial charge in [-0.1, -0.05) is 0 Å². The lowest BCUT2D eigenvalue weighted by atomic mass is 9.95. The Morgan fingerprint density at radius 2 is 0.650 bits per heavy atom. The van der Waals surface area contributed by atoms with Crippen LogP contribution >= 0.6 is 0 Å². The molecule has 8 aliphatic heterocycles. The number of nitrogens with zero attached hydrogens (tertiary/aromatic N) is 1. The molecule has 36 nitrogen and oxygen atoms in total. The van der Waals surface area contributed by atoms with Gasteiger partial charge in [0.1, 0.15) is 171 Å². The first-order valence-electron chi connectivity index (χ1n) is 25.6. The van der Waals surface area contributed by atoms with E-state index in [0.29, 0.717) is 0 Å². The number of hydrogen-bond acceptors (Lipinski definition) is 36. The van der Waals surface area contributed by atoms with Gasteiger partial charge in [-0.3, -0.25) is 0 Å². The van der Waals surface area contributed by atoms with Gasteiger partial charge in [0.15, 0.2) is 43.6 Å². The molecule has 0 aromatic rings. The minimum atomic E-state index is -2.27. The second-order valence-electron chi connectivity index (χ2n) is 20.4. The molecule has 8 aliphatic rings. The Morgan fingerprint density at radius 1 is 0.312 bits per heavy atom. The van der Waals surface area contributed by atoms with Crippen LogP contribution in [-0.4, -0.2) is 374 Å². The largest absolute Gasteiger partial charge is 0.450 e. The van der Waals surface area contributed by atoms with Crippen molar-refractivity contribution in [3.63, 3.8) is 0 Å². The van der Waals surface area contributed by atoms with Crippen molar-refractivity contribution >= 4 is 5.90 Å². The molecule has 0 amide bonds. The van der Waals surface area contributed by atoms with Crippen molar-refractivity contribution in [2.75, 3.05) is 46.2 Å². The van der Waals surface area contributed by atoms with Crippen LogP contribution < -0.4 is 0 Å². The Kier molecular flexibility index (Phi) is 21.8. The number of hydrogen-bond donors (Lipinski definition) is 21. The highest BCUT2D eigenvalue weighted by molar-refractivity contribution is 5.75. The van der Waals surface area contributed by atoms with E-state index < -0.39 is 261 Å². The average molecular weight is 1180 g/mol. The third kappa shape index (κ3) is 12.9. The van der Waals surface area contributed by atoms with Crippen molar-refractivity contribution in [3.05, 3.63) is 0 Å². The number of aliphatic hydroxyl groups is 21. The fraction of sp³-hybridized carbons (Fsp3) is 0.977. The molecule has 0 saturated carbocycles. The number of aliphatic hydroxyl groups excluding tert-OH is 21. The first-order chi connectivity index (χ1) is 38.0. The maximum absolute atomic E-state index is 12.1. The van der Waals surface area contributed by atoms with Crippen molar-refractivity contribution in [1.29, 1.82) is 0 Å². The maximum atomic E-state index is 12.1. The Morgan fingerprint density at radius 3 is 1.12 bits per heavy atom. The molecule has 0 bridgehead atoms. The molecule has 0 radical (unpaired) electrons. The molecule has 0 aromatic carbocycles. The third-order valence-electron chi connectivity index (χ3n) is 15.1. The van der Waals surface area contributed by atoms with E-state index in [1.807, 2.05) is 0 Å². The molecule has 80 heavy (non-hydrogen) atoms. The van der Waals surface area contributed by atoms with Crippen molar-refractivity contribution in [2.45, 2.75) is 222 Å². The van der Waals surface area contributed by atoms with E-state index in [1.54, 1.807) is 0 Å². The Balaban J connectivity index is 1.08. The first-order valence-corrected chi connectivity index (χ1v) is 25.6. The highest BCUT2D eigenvalue weighted by Gasteiger charge is 2.58. The van der Waals surface area contributed by atoms with Gasteiger partial charge < -0.3 is 174 Å². The lowest BCUT2D eigenvalue weighted by Crippen LogP contribution is -2.68. The summed E-state index contributed by atoms with van der Waals surface area (Å²) in [6, 6.07) is -1.17. The molecule has 8 heterocycles. The van der Waals surface area contributed by atoms with Crippen LogP contribution in [0, 0.1) is 0 Å². The standard InChI is InChI=1S/C44H73NO35/c1-9-45-17-24(57)34(14(6-50)74-38(17)69-9)77-43-33(66)36(79-44-37(28(61)21(54)13(5-49)73-44)80-42-31(64)27(60)20(53)12(4-48)72-42)23(56)16(76-43)8-68-40-32(65)35(78-41-30(63)26(59)19(52)11(3-47)71-41)22(55)15(75-40)7-67-39-29(62)25(58)18(51)10(2-46)70-39/h10-44,46-66H,2-8H2,1H3/t10?,11-,12-,13-,14?,15?,16?,17?,18+,19+,20+,21+,22+,23+,24+,25-,26?,27?,28?,29?,30?,31?,32?,33?,34+,35-,36-,37?,38?,39-,40-,41+,42+,43-,44+/m0/s1. The van der Waals surface area contributed by atoms with Crippen molar-refractivity contribution in [3.8, 4) is 0 Å². The highest BCUT2D eigenvalue weighted by Crippen LogP contribution is 2.38. The zero-order valence-corrected chi connectivity index (χ0v) is 42.2. The fourth-order valence-electron chi connectivity index (χ4n) is 10.4. The number of ether oxygens (including phenoxy) is 14. The van der Waals surface area contributed by atoms with Crippen LogP contribution in [-0.2, 0) is 66.3 Å². The second kappa shape index (κ2) is 27.2. The number of fused-ring (bicyclic) bond motifs is 1. The minimum Gasteiger partial charge on any atom is -0.450 e. The summed E-state index contributed by atoms with van der Waals surface area (Å²) < 4.78 is 80.3. The van der Waals surface area contributed by atoms with Gasteiger partial charge in [0.2, 0.25) is 6.29 Å². The molecule has 0 spiro atoms. The first kappa shape index (κ1) is 64.1. The van der Waals surface area contributed by atoms with Crippen LogP contribution in [0.3, 0.4) is 0 Å². The van der Waals surface area contributed by atoms with Crippen LogP contribution in [0.25, 0.3) is 0 Å². The van der Waals surface area contributed by atoms with Crippen LogP contribution in [0.5, 0.6) is 0 Å². The lowest BCUT2D eigenvalue weighted by molar-refractivity contribution is -0.397. The molecular formula is C44H73NO35. The topological polar surface area (TPSA) is 566 Å². The van der Waals surface area contributed by atoms with Gasteiger partial charge in [0, 0.05) is 6.92 Å². The minimum absolute atomic E-state index is 0.0868. The van der Waals surface area contributed by atoms with Gasteiger partial charge in [0.25, 0.3) is 0 Å². The van der Waals surface area contributed by atoms with E-state index in [1.165, 1.54) is 6.92 Å². The molecule has 36 heteroatoms. The van der Waals surface area contributed by atoms with Gasteiger partial charge >= 0.3 is 0 Å².